The molecule has 1 unspecified atom stereocenters. The summed E-state index contributed by atoms with van der Waals surface area (Å²) in [6.07, 6.45) is 2.07. The summed E-state index contributed by atoms with van der Waals surface area (Å²) < 4.78 is 10.3. The molecule has 0 bridgehead atoms. The lowest BCUT2D eigenvalue weighted by molar-refractivity contribution is -0.140. The normalized spacial score (nSPS) is 18.5. The van der Waals surface area contributed by atoms with Gasteiger partial charge in [-0.15, -0.1) is 0 Å². The maximum atomic E-state index is 12.0. The van der Waals surface area contributed by atoms with E-state index in [0.29, 0.717) is 39.1 Å². The number of rotatable bonds is 6. The smallest absolute Gasteiger partial charge is 0.286 e. The van der Waals surface area contributed by atoms with E-state index >= 15 is 0 Å². The van der Waals surface area contributed by atoms with Gasteiger partial charge in [0.1, 0.15) is 0 Å². The van der Waals surface area contributed by atoms with Gasteiger partial charge in [0.2, 0.25) is 5.91 Å². The van der Waals surface area contributed by atoms with E-state index in [1.54, 1.807) is 17.0 Å². The summed E-state index contributed by atoms with van der Waals surface area (Å²) in [6.45, 7) is 1.76. The summed E-state index contributed by atoms with van der Waals surface area (Å²) in [5, 5.41) is 11.7. The first kappa shape index (κ1) is 15.5. The second-order valence-electron chi connectivity index (χ2n) is 4.85. The van der Waals surface area contributed by atoms with E-state index in [9.17, 15) is 9.59 Å². The number of morpholine rings is 1. The van der Waals surface area contributed by atoms with Crippen molar-refractivity contribution >= 4 is 11.8 Å². The maximum Gasteiger partial charge on any atom is 0.286 e. The standard InChI is InChI=1S/C14H20N2O5/c17-10-11-9-16(6-8-20-11)13(18)4-1-5-15-14(19)12-3-2-7-21-12/h2-3,7,11,17H,1,4-6,8-10H2,(H,15,19). The van der Waals surface area contributed by atoms with Crippen LogP contribution in [0.3, 0.4) is 0 Å². The summed E-state index contributed by atoms with van der Waals surface area (Å²) >= 11 is 0. The SMILES string of the molecule is O=C(NCCCC(=O)N1CCOC(CO)C1)c1ccco1. The Labute approximate surface area is 122 Å². The van der Waals surface area contributed by atoms with Gasteiger partial charge >= 0.3 is 0 Å². The first-order chi connectivity index (χ1) is 10.2. The van der Waals surface area contributed by atoms with Gasteiger partial charge in [0.05, 0.1) is 25.6 Å². The van der Waals surface area contributed by atoms with Gasteiger partial charge in [0, 0.05) is 26.1 Å². The minimum absolute atomic E-state index is 0.0176. The molecule has 116 valence electrons. The topological polar surface area (TPSA) is 92.0 Å². The van der Waals surface area contributed by atoms with E-state index < -0.39 is 0 Å². The number of furan rings is 1. The summed E-state index contributed by atoms with van der Waals surface area (Å²) in [6, 6.07) is 3.23. The lowest BCUT2D eigenvalue weighted by Gasteiger charge is -2.32. The Bertz CT molecular complexity index is 460. The molecule has 0 aliphatic carbocycles. The van der Waals surface area contributed by atoms with Crippen molar-refractivity contribution in [2.75, 3.05) is 32.8 Å². The number of nitrogens with one attached hydrogen (secondary N) is 1. The lowest BCUT2D eigenvalue weighted by atomic mass is 10.2. The third-order valence-corrected chi connectivity index (χ3v) is 3.29. The van der Waals surface area contributed by atoms with Crippen LogP contribution in [0.5, 0.6) is 0 Å². The van der Waals surface area contributed by atoms with Crippen LogP contribution in [-0.4, -0.2) is 60.8 Å². The van der Waals surface area contributed by atoms with Gasteiger partial charge in [0.25, 0.3) is 5.91 Å². The van der Waals surface area contributed by atoms with Crippen molar-refractivity contribution < 1.29 is 23.8 Å². The van der Waals surface area contributed by atoms with E-state index in [1.165, 1.54) is 6.26 Å². The van der Waals surface area contributed by atoms with Gasteiger partial charge in [-0.1, -0.05) is 0 Å². The predicted octanol–water partition coefficient (Wildman–Crippen LogP) is 0.00930. The number of hydrogen-bond donors (Lipinski definition) is 2. The Morgan fingerprint density at radius 1 is 1.48 bits per heavy atom. The Morgan fingerprint density at radius 2 is 2.33 bits per heavy atom. The average Bonchev–Trinajstić information content (AvgIpc) is 3.05. The van der Waals surface area contributed by atoms with Crippen molar-refractivity contribution in [1.82, 2.24) is 10.2 Å². The summed E-state index contributed by atoms with van der Waals surface area (Å²) in [4.78, 5) is 25.3. The molecule has 2 N–H and O–H groups in total. The minimum atomic E-state index is -0.290. The highest BCUT2D eigenvalue weighted by molar-refractivity contribution is 5.91. The molecule has 1 aliphatic heterocycles. The Morgan fingerprint density at radius 3 is 3.05 bits per heavy atom. The van der Waals surface area contributed by atoms with E-state index in [-0.39, 0.29) is 30.3 Å². The molecule has 2 heterocycles. The van der Waals surface area contributed by atoms with Crippen LogP contribution in [0.15, 0.2) is 22.8 Å². The monoisotopic (exact) mass is 296 g/mol. The van der Waals surface area contributed by atoms with Gasteiger partial charge in [-0.3, -0.25) is 9.59 Å². The molecular weight excluding hydrogens is 276 g/mol. The van der Waals surface area contributed by atoms with E-state index in [2.05, 4.69) is 5.32 Å². The molecule has 0 aromatic carbocycles. The molecule has 21 heavy (non-hydrogen) atoms. The second kappa shape index (κ2) is 7.80. The number of hydrogen-bond acceptors (Lipinski definition) is 5. The number of ether oxygens (including phenoxy) is 1. The number of carbonyl (C=O) groups excluding carboxylic acids is 2. The number of nitrogens with zero attached hydrogens (tertiary/aromatic N) is 1. The molecule has 1 fully saturated rings. The first-order valence-electron chi connectivity index (χ1n) is 7.02. The molecule has 1 atom stereocenters. The van der Waals surface area contributed by atoms with Gasteiger partial charge in [-0.2, -0.15) is 0 Å². The number of aliphatic hydroxyl groups is 1. The minimum Gasteiger partial charge on any atom is -0.459 e. The molecule has 0 saturated carbocycles. The van der Waals surface area contributed by atoms with Crippen molar-refractivity contribution in [3.63, 3.8) is 0 Å². The molecule has 1 saturated heterocycles. The zero-order valence-electron chi connectivity index (χ0n) is 11.8. The fourth-order valence-corrected chi connectivity index (χ4v) is 2.15. The van der Waals surface area contributed by atoms with Crippen LogP contribution in [0.1, 0.15) is 23.4 Å². The molecular formula is C14H20N2O5. The van der Waals surface area contributed by atoms with E-state index in [1.807, 2.05) is 0 Å². The molecule has 0 radical (unpaired) electrons. The van der Waals surface area contributed by atoms with E-state index in [0.717, 1.165) is 0 Å². The second-order valence-corrected chi connectivity index (χ2v) is 4.85. The molecule has 7 nitrogen and oxygen atoms in total. The van der Waals surface area contributed by atoms with Crippen molar-refractivity contribution in [1.29, 1.82) is 0 Å². The van der Waals surface area contributed by atoms with Crippen LogP contribution >= 0.6 is 0 Å². The predicted molar refractivity (Wildman–Crippen MR) is 73.7 cm³/mol. The first-order valence-corrected chi connectivity index (χ1v) is 7.02. The molecule has 7 heteroatoms. The third-order valence-electron chi connectivity index (χ3n) is 3.29. The Kier molecular flexibility index (Phi) is 5.77. The van der Waals surface area contributed by atoms with Gasteiger partial charge in [-0.25, -0.2) is 0 Å². The Hall–Kier alpha value is -1.86. The van der Waals surface area contributed by atoms with Gasteiger partial charge in [0.15, 0.2) is 5.76 Å². The quantitative estimate of drug-likeness (QED) is 0.721. The van der Waals surface area contributed by atoms with Crippen LogP contribution < -0.4 is 5.32 Å². The molecule has 0 spiro atoms. The highest BCUT2D eigenvalue weighted by atomic mass is 16.5. The highest BCUT2D eigenvalue weighted by Crippen LogP contribution is 2.07. The van der Waals surface area contributed by atoms with Crippen LogP contribution in [0, 0.1) is 0 Å². The summed E-state index contributed by atoms with van der Waals surface area (Å²) in [5.74, 6) is 0.00320. The van der Waals surface area contributed by atoms with Crippen molar-refractivity contribution in [2.45, 2.75) is 18.9 Å². The van der Waals surface area contributed by atoms with Crippen LogP contribution in [0.4, 0.5) is 0 Å². The molecule has 2 rings (SSSR count). The number of carbonyl (C=O) groups is 2. The fraction of sp³-hybridized carbons (Fsp3) is 0.571. The molecule has 1 aromatic rings. The zero-order valence-corrected chi connectivity index (χ0v) is 11.8. The Balaban J connectivity index is 1.64. The lowest BCUT2D eigenvalue weighted by Crippen LogP contribution is -2.47. The average molecular weight is 296 g/mol. The molecule has 1 aliphatic rings. The van der Waals surface area contributed by atoms with Crippen LogP contribution in [0.2, 0.25) is 0 Å². The van der Waals surface area contributed by atoms with Crippen molar-refractivity contribution in [3.8, 4) is 0 Å². The largest absolute Gasteiger partial charge is 0.459 e. The fourth-order valence-electron chi connectivity index (χ4n) is 2.15. The summed E-state index contributed by atoms with van der Waals surface area (Å²) in [5.41, 5.74) is 0. The van der Waals surface area contributed by atoms with Gasteiger partial charge < -0.3 is 24.5 Å². The zero-order chi connectivity index (χ0) is 15.1. The summed E-state index contributed by atoms with van der Waals surface area (Å²) in [7, 11) is 0. The third kappa shape index (κ3) is 4.57. The van der Waals surface area contributed by atoms with Crippen molar-refractivity contribution in [2.24, 2.45) is 0 Å². The van der Waals surface area contributed by atoms with Crippen LogP contribution in [0.25, 0.3) is 0 Å². The van der Waals surface area contributed by atoms with Gasteiger partial charge in [-0.05, 0) is 18.6 Å². The molecule has 2 amide bonds. The van der Waals surface area contributed by atoms with E-state index in [4.69, 9.17) is 14.3 Å². The highest BCUT2D eigenvalue weighted by Gasteiger charge is 2.23. The van der Waals surface area contributed by atoms with Crippen molar-refractivity contribution in [3.05, 3.63) is 24.2 Å². The number of aliphatic hydroxyl groups excluding tert-OH is 1. The maximum absolute atomic E-state index is 12.0. The van der Waals surface area contributed by atoms with Crippen LogP contribution in [-0.2, 0) is 9.53 Å². The molecule has 1 aromatic heterocycles. The number of amides is 2.